The highest BCUT2D eigenvalue weighted by atomic mass is 32.2. The van der Waals surface area contributed by atoms with Gasteiger partial charge in [0.05, 0.1) is 16.9 Å². The van der Waals surface area contributed by atoms with Gasteiger partial charge < -0.3 is 9.52 Å². The summed E-state index contributed by atoms with van der Waals surface area (Å²) in [5, 5.41) is 9.07. The maximum atomic E-state index is 12.3. The molecule has 1 aromatic heterocycles. The summed E-state index contributed by atoms with van der Waals surface area (Å²) in [5.74, 6) is 0.242. The van der Waals surface area contributed by atoms with E-state index in [-0.39, 0.29) is 5.75 Å². The molecule has 0 bridgehead atoms. The molecular weight excluding hydrogens is 302 g/mol. The molecule has 2 aromatic rings. The van der Waals surface area contributed by atoms with Crippen molar-refractivity contribution >= 4 is 34.7 Å². The zero-order valence-electron chi connectivity index (χ0n) is 11.3. The first-order valence-corrected chi connectivity index (χ1v) is 7.24. The van der Waals surface area contributed by atoms with Crippen LogP contribution >= 0.6 is 11.8 Å². The number of rotatable bonds is 3. The summed E-state index contributed by atoms with van der Waals surface area (Å²) in [6.07, 6.45) is 6.46. The number of phenolic OH excluding ortho intramolecular Hbond substituents is 1. The Bertz CT molecular complexity index is 777. The molecule has 0 spiro atoms. The summed E-state index contributed by atoms with van der Waals surface area (Å²) < 4.78 is 5.14. The second-order valence-corrected chi connectivity index (χ2v) is 5.43. The topological polar surface area (TPSA) is 70.8 Å². The third-order valence-electron chi connectivity index (χ3n) is 2.93. The van der Waals surface area contributed by atoms with E-state index in [0.29, 0.717) is 16.4 Å². The SMILES string of the molecule is O=C1SC(=CC=Cc2ccco2)C(=O)N1c1cccc(O)c1. The fourth-order valence-corrected chi connectivity index (χ4v) is 2.75. The number of nitrogens with zero attached hydrogens (tertiary/aromatic N) is 1. The number of hydrogen-bond donors (Lipinski definition) is 1. The van der Waals surface area contributed by atoms with Gasteiger partial charge in [0, 0.05) is 6.07 Å². The molecule has 0 atom stereocenters. The van der Waals surface area contributed by atoms with Gasteiger partial charge >= 0.3 is 0 Å². The quantitative estimate of drug-likeness (QED) is 0.873. The lowest BCUT2D eigenvalue weighted by Gasteiger charge is -2.12. The van der Waals surface area contributed by atoms with Gasteiger partial charge in [-0.2, -0.15) is 0 Å². The van der Waals surface area contributed by atoms with Gasteiger partial charge in [-0.15, -0.1) is 0 Å². The van der Waals surface area contributed by atoms with E-state index in [1.54, 1.807) is 48.8 Å². The van der Waals surface area contributed by atoms with Crippen LogP contribution in [-0.4, -0.2) is 16.3 Å². The van der Waals surface area contributed by atoms with Crippen molar-refractivity contribution in [2.45, 2.75) is 0 Å². The molecule has 1 aromatic carbocycles. The van der Waals surface area contributed by atoms with Crippen molar-refractivity contribution in [1.29, 1.82) is 0 Å². The van der Waals surface area contributed by atoms with Crippen LogP contribution in [-0.2, 0) is 4.79 Å². The van der Waals surface area contributed by atoms with Crippen LogP contribution in [0.5, 0.6) is 5.75 Å². The van der Waals surface area contributed by atoms with Crippen LogP contribution in [0.4, 0.5) is 10.5 Å². The fraction of sp³-hybridized carbons (Fsp3) is 0. The number of hydrogen-bond acceptors (Lipinski definition) is 5. The summed E-state index contributed by atoms with van der Waals surface area (Å²) in [6.45, 7) is 0. The number of carbonyl (C=O) groups excluding carboxylic acids is 2. The van der Waals surface area contributed by atoms with Gasteiger partial charge in [0.25, 0.3) is 11.1 Å². The molecule has 0 aliphatic carbocycles. The summed E-state index contributed by atoms with van der Waals surface area (Å²) in [4.78, 5) is 25.7. The number of amides is 2. The molecule has 1 aliphatic rings. The van der Waals surface area contributed by atoms with E-state index < -0.39 is 11.1 Å². The Morgan fingerprint density at radius 2 is 2.05 bits per heavy atom. The Morgan fingerprint density at radius 1 is 1.18 bits per heavy atom. The number of furan rings is 1. The first-order chi connectivity index (χ1) is 10.6. The number of carbonyl (C=O) groups is 2. The molecule has 3 rings (SSSR count). The minimum absolute atomic E-state index is 0.00163. The molecule has 22 heavy (non-hydrogen) atoms. The van der Waals surface area contributed by atoms with Crippen LogP contribution in [0.25, 0.3) is 6.08 Å². The summed E-state index contributed by atoms with van der Waals surface area (Å²) >= 11 is 0.855. The van der Waals surface area contributed by atoms with Gasteiger partial charge in [0.15, 0.2) is 0 Å². The lowest BCUT2D eigenvalue weighted by molar-refractivity contribution is -0.113. The van der Waals surface area contributed by atoms with Gasteiger partial charge in [-0.3, -0.25) is 9.59 Å². The molecule has 2 amide bonds. The van der Waals surface area contributed by atoms with Crippen molar-refractivity contribution in [3.8, 4) is 5.75 Å². The average molecular weight is 313 g/mol. The highest BCUT2D eigenvalue weighted by molar-refractivity contribution is 8.18. The number of thioether (sulfide) groups is 1. The molecule has 0 radical (unpaired) electrons. The highest BCUT2D eigenvalue weighted by Crippen LogP contribution is 2.35. The van der Waals surface area contributed by atoms with E-state index in [2.05, 4.69) is 0 Å². The third kappa shape index (κ3) is 2.82. The first-order valence-electron chi connectivity index (χ1n) is 6.42. The predicted octanol–water partition coefficient (Wildman–Crippen LogP) is 3.78. The molecule has 1 saturated heterocycles. The first kappa shape index (κ1) is 14.2. The zero-order valence-corrected chi connectivity index (χ0v) is 12.1. The Hall–Kier alpha value is -2.73. The lowest BCUT2D eigenvalue weighted by Crippen LogP contribution is -2.27. The number of anilines is 1. The number of benzene rings is 1. The van der Waals surface area contributed by atoms with Gasteiger partial charge in [0.2, 0.25) is 0 Å². The van der Waals surface area contributed by atoms with Crippen LogP contribution in [0.1, 0.15) is 5.76 Å². The van der Waals surface area contributed by atoms with Crippen LogP contribution in [0.3, 0.4) is 0 Å². The summed E-state index contributed by atoms with van der Waals surface area (Å²) in [5.41, 5.74) is 0.348. The number of aromatic hydroxyl groups is 1. The molecule has 1 N–H and O–H groups in total. The van der Waals surface area contributed by atoms with E-state index in [0.717, 1.165) is 16.7 Å². The van der Waals surface area contributed by atoms with E-state index in [9.17, 15) is 14.7 Å². The van der Waals surface area contributed by atoms with Crippen molar-refractivity contribution in [3.05, 3.63) is 65.5 Å². The van der Waals surface area contributed by atoms with Crippen LogP contribution < -0.4 is 4.90 Å². The molecule has 0 saturated carbocycles. The molecule has 110 valence electrons. The highest BCUT2D eigenvalue weighted by Gasteiger charge is 2.36. The van der Waals surface area contributed by atoms with E-state index >= 15 is 0 Å². The molecule has 6 heteroatoms. The molecule has 0 unspecified atom stereocenters. The molecule has 1 fully saturated rings. The van der Waals surface area contributed by atoms with Crippen LogP contribution in [0.15, 0.2) is 64.1 Å². The van der Waals surface area contributed by atoms with E-state index in [1.165, 1.54) is 12.1 Å². The van der Waals surface area contributed by atoms with Gasteiger partial charge in [0.1, 0.15) is 11.5 Å². The Labute approximate surface area is 130 Å². The largest absolute Gasteiger partial charge is 0.508 e. The van der Waals surface area contributed by atoms with E-state index in [1.807, 2.05) is 0 Å². The smallest absolute Gasteiger partial charge is 0.298 e. The van der Waals surface area contributed by atoms with Gasteiger partial charge in [-0.05, 0) is 48.2 Å². The second-order valence-electron chi connectivity index (χ2n) is 4.43. The average Bonchev–Trinajstić information content (AvgIpc) is 3.08. The summed E-state index contributed by atoms with van der Waals surface area (Å²) in [7, 11) is 0. The summed E-state index contributed by atoms with van der Waals surface area (Å²) in [6, 6.07) is 9.56. The zero-order chi connectivity index (χ0) is 15.5. The normalized spacial score (nSPS) is 17.1. The van der Waals surface area contributed by atoms with Crippen molar-refractivity contribution in [2.75, 3.05) is 4.90 Å². The van der Waals surface area contributed by atoms with Gasteiger partial charge in [-0.25, -0.2) is 4.90 Å². The number of imide groups is 1. The molecular formula is C16H11NO4S. The second kappa shape index (κ2) is 5.95. The lowest BCUT2D eigenvalue weighted by atomic mass is 10.2. The Morgan fingerprint density at radius 3 is 2.77 bits per heavy atom. The standard InChI is InChI=1S/C16H11NO4S/c18-12-5-1-4-11(10-12)17-15(19)14(22-16(17)20)8-2-6-13-7-3-9-21-13/h1-10,18H. The fourth-order valence-electron chi connectivity index (χ4n) is 1.95. The number of allylic oxidation sites excluding steroid dienone is 2. The maximum absolute atomic E-state index is 12.3. The van der Waals surface area contributed by atoms with Crippen LogP contribution in [0.2, 0.25) is 0 Å². The van der Waals surface area contributed by atoms with Crippen molar-refractivity contribution in [1.82, 2.24) is 0 Å². The molecule has 1 aliphatic heterocycles. The molecule has 5 nitrogen and oxygen atoms in total. The Kier molecular flexibility index (Phi) is 3.84. The predicted molar refractivity (Wildman–Crippen MR) is 84.4 cm³/mol. The van der Waals surface area contributed by atoms with Gasteiger partial charge in [-0.1, -0.05) is 12.1 Å². The van der Waals surface area contributed by atoms with Crippen molar-refractivity contribution in [3.63, 3.8) is 0 Å². The molecule has 2 heterocycles. The maximum Gasteiger partial charge on any atom is 0.298 e. The third-order valence-corrected chi connectivity index (χ3v) is 3.82. The minimum atomic E-state index is -0.412. The monoisotopic (exact) mass is 313 g/mol. The van der Waals surface area contributed by atoms with E-state index in [4.69, 9.17) is 4.42 Å². The van der Waals surface area contributed by atoms with Crippen LogP contribution in [0, 0.1) is 0 Å². The number of phenols is 1. The van der Waals surface area contributed by atoms with Crippen molar-refractivity contribution in [2.24, 2.45) is 0 Å². The van der Waals surface area contributed by atoms with Crippen molar-refractivity contribution < 1.29 is 19.1 Å². The Balaban J connectivity index is 1.82. The minimum Gasteiger partial charge on any atom is -0.508 e.